The number of aliphatic hydroxyl groups is 1. The largest absolute Gasteiger partial charge is 0.508 e. The molecule has 0 radical (unpaired) electrons. The molecule has 2 N–H and O–H groups in total. The molecule has 2 aromatic rings. The fourth-order valence-corrected chi connectivity index (χ4v) is 3.15. The van der Waals surface area contributed by atoms with Gasteiger partial charge >= 0.3 is 0 Å². The van der Waals surface area contributed by atoms with Gasteiger partial charge in [-0.2, -0.15) is 0 Å². The summed E-state index contributed by atoms with van der Waals surface area (Å²) in [6.45, 7) is 0.327. The van der Waals surface area contributed by atoms with Crippen LogP contribution in [-0.4, -0.2) is 10.2 Å². The van der Waals surface area contributed by atoms with Gasteiger partial charge < -0.3 is 14.9 Å². The summed E-state index contributed by atoms with van der Waals surface area (Å²) in [6, 6.07) is 10.5. The molecule has 5 heteroatoms. The van der Waals surface area contributed by atoms with Gasteiger partial charge in [0.25, 0.3) is 0 Å². The van der Waals surface area contributed by atoms with Gasteiger partial charge in [-0.25, -0.2) is 0 Å². The Morgan fingerprint density at radius 3 is 2.26 bits per heavy atom. The molecule has 0 bridgehead atoms. The van der Waals surface area contributed by atoms with Gasteiger partial charge in [-0.15, -0.1) is 0 Å². The SMILES string of the molecule is OCc1cc(Br)c(OCc2cccc(O)c2)c(Br)c1. The number of hydrogen-bond donors (Lipinski definition) is 2. The Balaban J connectivity index is 2.16. The lowest BCUT2D eigenvalue weighted by molar-refractivity contribution is 0.280. The third-order valence-electron chi connectivity index (χ3n) is 2.53. The highest BCUT2D eigenvalue weighted by atomic mass is 79.9. The summed E-state index contributed by atoms with van der Waals surface area (Å²) >= 11 is 6.82. The molecule has 3 nitrogen and oxygen atoms in total. The zero-order chi connectivity index (χ0) is 13.8. The van der Waals surface area contributed by atoms with Gasteiger partial charge in [0.05, 0.1) is 15.6 Å². The van der Waals surface area contributed by atoms with Gasteiger partial charge in [0.15, 0.2) is 0 Å². The van der Waals surface area contributed by atoms with Gasteiger partial charge in [-0.1, -0.05) is 12.1 Å². The van der Waals surface area contributed by atoms with E-state index in [2.05, 4.69) is 31.9 Å². The van der Waals surface area contributed by atoms with E-state index in [0.29, 0.717) is 12.4 Å². The Kier molecular flexibility index (Phi) is 4.85. The summed E-state index contributed by atoms with van der Waals surface area (Å²) in [6.07, 6.45) is 0. The van der Waals surface area contributed by atoms with E-state index < -0.39 is 0 Å². The van der Waals surface area contributed by atoms with Crippen LogP contribution in [0.3, 0.4) is 0 Å². The van der Waals surface area contributed by atoms with Crippen LogP contribution in [0, 0.1) is 0 Å². The number of benzene rings is 2. The molecule has 19 heavy (non-hydrogen) atoms. The lowest BCUT2D eigenvalue weighted by Gasteiger charge is -2.12. The van der Waals surface area contributed by atoms with Crippen molar-refractivity contribution in [1.29, 1.82) is 0 Å². The second kappa shape index (κ2) is 6.41. The van der Waals surface area contributed by atoms with Crippen LogP contribution in [0.2, 0.25) is 0 Å². The number of phenols is 1. The molecule has 0 aromatic heterocycles. The van der Waals surface area contributed by atoms with Crippen molar-refractivity contribution in [3.05, 3.63) is 56.5 Å². The number of hydrogen-bond acceptors (Lipinski definition) is 3. The summed E-state index contributed by atoms with van der Waals surface area (Å²) in [4.78, 5) is 0. The Hall–Kier alpha value is -1.04. The summed E-state index contributed by atoms with van der Waals surface area (Å²) in [7, 11) is 0. The van der Waals surface area contributed by atoms with Crippen molar-refractivity contribution in [2.45, 2.75) is 13.2 Å². The first-order valence-electron chi connectivity index (χ1n) is 5.59. The first-order valence-corrected chi connectivity index (χ1v) is 7.18. The lowest BCUT2D eigenvalue weighted by Crippen LogP contribution is -1.97. The maximum absolute atomic E-state index is 9.39. The molecule has 100 valence electrons. The molecule has 0 saturated heterocycles. The zero-order valence-electron chi connectivity index (χ0n) is 9.94. The van der Waals surface area contributed by atoms with Gasteiger partial charge in [0.2, 0.25) is 0 Å². The molecule has 2 aromatic carbocycles. The van der Waals surface area contributed by atoms with Crippen molar-refractivity contribution in [1.82, 2.24) is 0 Å². The molecule has 0 aliphatic rings. The average Bonchev–Trinajstić information content (AvgIpc) is 2.37. The van der Waals surface area contributed by atoms with Gasteiger partial charge in [-0.3, -0.25) is 0 Å². The van der Waals surface area contributed by atoms with Crippen LogP contribution in [0.1, 0.15) is 11.1 Å². The maximum atomic E-state index is 9.39. The molecular formula is C14H12Br2O3. The number of phenolic OH excluding ortho intramolecular Hbond substituents is 1. The van der Waals surface area contributed by atoms with Crippen LogP contribution >= 0.6 is 31.9 Å². The molecule has 0 aliphatic heterocycles. The van der Waals surface area contributed by atoms with Crippen molar-refractivity contribution in [2.24, 2.45) is 0 Å². The van der Waals surface area contributed by atoms with Crippen molar-refractivity contribution >= 4 is 31.9 Å². The quantitative estimate of drug-likeness (QED) is 0.833. The van der Waals surface area contributed by atoms with Crippen LogP contribution in [0.5, 0.6) is 11.5 Å². The third kappa shape index (κ3) is 3.72. The number of rotatable bonds is 4. The normalized spacial score (nSPS) is 10.5. The third-order valence-corrected chi connectivity index (χ3v) is 3.71. The maximum Gasteiger partial charge on any atom is 0.148 e. The predicted molar refractivity (Wildman–Crippen MR) is 80.2 cm³/mol. The predicted octanol–water partition coefficient (Wildman–Crippen LogP) is 3.99. The van der Waals surface area contributed by atoms with E-state index in [4.69, 9.17) is 9.84 Å². The van der Waals surface area contributed by atoms with E-state index in [-0.39, 0.29) is 12.4 Å². The lowest BCUT2D eigenvalue weighted by atomic mass is 10.2. The molecule has 0 spiro atoms. The monoisotopic (exact) mass is 386 g/mol. The van der Waals surface area contributed by atoms with Crippen LogP contribution in [0.4, 0.5) is 0 Å². The second-order valence-corrected chi connectivity index (χ2v) is 5.71. The van der Waals surface area contributed by atoms with Gasteiger partial charge in [0.1, 0.15) is 18.1 Å². The van der Waals surface area contributed by atoms with Crippen molar-refractivity contribution in [3.63, 3.8) is 0 Å². The van der Waals surface area contributed by atoms with E-state index in [1.165, 1.54) is 0 Å². The van der Waals surface area contributed by atoms with Crippen LogP contribution < -0.4 is 4.74 Å². The van der Waals surface area contributed by atoms with Crippen molar-refractivity contribution < 1.29 is 14.9 Å². The molecule has 0 fully saturated rings. The fourth-order valence-electron chi connectivity index (χ4n) is 1.64. The van der Waals surface area contributed by atoms with Crippen LogP contribution in [0.25, 0.3) is 0 Å². The Morgan fingerprint density at radius 1 is 1.00 bits per heavy atom. The van der Waals surface area contributed by atoms with Crippen LogP contribution in [-0.2, 0) is 13.2 Å². The molecule has 0 atom stereocenters. The summed E-state index contributed by atoms with van der Waals surface area (Å²) in [5.74, 6) is 0.885. The molecule has 2 rings (SSSR count). The highest BCUT2D eigenvalue weighted by Crippen LogP contribution is 2.35. The summed E-state index contributed by atoms with van der Waals surface area (Å²) in [5.41, 5.74) is 1.67. The molecule has 0 amide bonds. The van der Waals surface area contributed by atoms with E-state index in [0.717, 1.165) is 20.1 Å². The topological polar surface area (TPSA) is 49.7 Å². The van der Waals surface area contributed by atoms with E-state index in [1.807, 2.05) is 18.2 Å². The molecule has 0 aliphatic carbocycles. The minimum Gasteiger partial charge on any atom is -0.508 e. The highest BCUT2D eigenvalue weighted by molar-refractivity contribution is 9.11. The second-order valence-electron chi connectivity index (χ2n) is 4.01. The standard InChI is InChI=1S/C14H12Br2O3/c15-12-5-10(7-17)6-13(16)14(12)19-8-9-2-1-3-11(18)4-9/h1-6,17-18H,7-8H2. The number of ether oxygens (including phenoxy) is 1. The van der Waals surface area contributed by atoms with E-state index >= 15 is 0 Å². The summed E-state index contributed by atoms with van der Waals surface area (Å²) < 4.78 is 7.26. The Labute approximate surface area is 128 Å². The molecule has 0 heterocycles. The van der Waals surface area contributed by atoms with Gasteiger partial charge in [0, 0.05) is 0 Å². The minimum atomic E-state index is -0.0238. The highest BCUT2D eigenvalue weighted by Gasteiger charge is 2.09. The number of halogens is 2. The Bertz CT molecular complexity index is 562. The van der Waals surface area contributed by atoms with Crippen molar-refractivity contribution in [3.8, 4) is 11.5 Å². The van der Waals surface area contributed by atoms with Gasteiger partial charge in [-0.05, 0) is 67.3 Å². The van der Waals surface area contributed by atoms with E-state index in [1.54, 1.807) is 18.2 Å². The fraction of sp³-hybridized carbons (Fsp3) is 0.143. The number of aromatic hydroxyl groups is 1. The Morgan fingerprint density at radius 2 is 1.68 bits per heavy atom. The smallest absolute Gasteiger partial charge is 0.148 e. The van der Waals surface area contributed by atoms with Crippen molar-refractivity contribution in [2.75, 3.05) is 0 Å². The van der Waals surface area contributed by atoms with E-state index in [9.17, 15) is 5.11 Å². The summed E-state index contributed by atoms with van der Waals surface area (Å²) in [5, 5.41) is 18.5. The first-order chi connectivity index (χ1) is 9.10. The first kappa shape index (κ1) is 14.4. The molecule has 0 saturated carbocycles. The van der Waals surface area contributed by atoms with Crippen LogP contribution in [0.15, 0.2) is 45.3 Å². The molecule has 0 unspecified atom stereocenters. The average molecular weight is 388 g/mol. The zero-order valence-corrected chi connectivity index (χ0v) is 13.1. The number of aliphatic hydroxyl groups excluding tert-OH is 1. The minimum absolute atomic E-state index is 0.0238. The molecular weight excluding hydrogens is 376 g/mol.